The molecule has 1 fully saturated rings. The second-order valence-corrected chi connectivity index (χ2v) is 4.76. The summed E-state index contributed by atoms with van der Waals surface area (Å²) in [5.74, 6) is 0.722. The van der Waals surface area contributed by atoms with Gasteiger partial charge in [0.05, 0.1) is 5.56 Å². The summed E-state index contributed by atoms with van der Waals surface area (Å²) >= 11 is 0. The van der Waals surface area contributed by atoms with Crippen LogP contribution in [0.25, 0.3) is 0 Å². The number of hydrogen-bond acceptors (Lipinski definition) is 5. The number of cyclic esters (lactones) is 2. The van der Waals surface area contributed by atoms with Gasteiger partial charge in [0.15, 0.2) is 6.10 Å². The molecule has 0 amide bonds. The van der Waals surface area contributed by atoms with Crippen molar-refractivity contribution < 1.29 is 29.4 Å². The molecule has 108 valence electrons. The Hall–Kier alpha value is -2.24. The van der Waals surface area contributed by atoms with Gasteiger partial charge in [0.1, 0.15) is 19.0 Å². The third-order valence-electron chi connectivity index (χ3n) is 3.23. The first kappa shape index (κ1) is 14.2. The Morgan fingerprint density at radius 3 is 2.80 bits per heavy atom. The maximum atomic E-state index is 10.8. The van der Waals surface area contributed by atoms with E-state index in [1.807, 2.05) is 32.0 Å². The molecule has 1 unspecified atom stereocenters. The van der Waals surface area contributed by atoms with Crippen LogP contribution < -0.4 is 9.89 Å². The first-order valence-corrected chi connectivity index (χ1v) is 6.32. The molecule has 1 saturated heterocycles. The standard InChI is InChI=1S/C14H17NO5/c1-8-4-9(2)13(10(3)12(8)5-15-17)18-6-11-7-19-14(16)20-11/h4-5,11,17H,6-7H2,1-3H3/p+1/b15-5+. The molecule has 1 heterocycles. The van der Waals surface area contributed by atoms with Crippen LogP contribution in [0.15, 0.2) is 6.07 Å². The zero-order valence-corrected chi connectivity index (χ0v) is 11.7. The normalized spacial score (nSPS) is 18.1. The summed E-state index contributed by atoms with van der Waals surface area (Å²) in [5.41, 5.74) is 3.80. The number of benzene rings is 1. The van der Waals surface area contributed by atoms with Crippen molar-refractivity contribution in [1.29, 1.82) is 0 Å². The molecule has 1 atom stereocenters. The minimum atomic E-state index is -0.658. The van der Waals surface area contributed by atoms with Crippen LogP contribution in [0.5, 0.6) is 5.75 Å². The number of hydrogen-bond donors (Lipinski definition) is 2. The SMILES string of the molecule is Cc1cc(C)c(OCC2COC(=O)O2)c(C)c1/C=[NH+]/O. The van der Waals surface area contributed by atoms with Crippen LogP contribution in [0, 0.1) is 20.8 Å². The van der Waals surface area contributed by atoms with Gasteiger partial charge in [-0.05, 0) is 37.1 Å². The predicted molar refractivity (Wildman–Crippen MR) is 70.3 cm³/mol. The third-order valence-corrected chi connectivity index (χ3v) is 3.23. The third kappa shape index (κ3) is 2.84. The fourth-order valence-corrected chi connectivity index (χ4v) is 2.31. The van der Waals surface area contributed by atoms with Crippen molar-refractivity contribution in [1.82, 2.24) is 0 Å². The number of carbonyl (C=O) groups is 1. The van der Waals surface area contributed by atoms with Crippen LogP contribution in [0.4, 0.5) is 4.79 Å². The summed E-state index contributed by atoms with van der Waals surface area (Å²) in [7, 11) is 0. The van der Waals surface area contributed by atoms with Crippen LogP contribution in [0.1, 0.15) is 22.3 Å². The van der Waals surface area contributed by atoms with Gasteiger partial charge >= 0.3 is 6.16 Å². The highest BCUT2D eigenvalue weighted by atomic mass is 16.8. The first-order chi connectivity index (χ1) is 9.52. The number of aryl methyl sites for hydroxylation is 2. The smallest absolute Gasteiger partial charge is 0.489 e. The topological polar surface area (TPSA) is 79.0 Å². The van der Waals surface area contributed by atoms with E-state index in [1.165, 1.54) is 6.21 Å². The molecule has 0 aliphatic carbocycles. The van der Waals surface area contributed by atoms with Gasteiger partial charge in [-0.3, -0.25) is 5.21 Å². The molecule has 1 aromatic rings. The Balaban J connectivity index is 2.18. The highest BCUT2D eigenvalue weighted by Crippen LogP contribution is 2.28. The van der Waals surface area contributed by atoms with Gasteiger partial charge in [0.25, 0.3) is 0 Å². The van der Waals surface area contributed by atoms with E-state index in [0.29, 0.717) is 0 Å². The lowest BCUT2D eigenvalue weighted by Crippen LogP contribution is -2.64. The number of ether oxygens (including phenoxy) is 3. The van der Waals surface area contributed by atoms with Crippen molar-refractivity contribution in [2.24, 2.45) is 0 Å². The summed E-state index contributed by atoms with van der Waals surface area (Å²) in [6, 6.07) is 1.97. The number of nitrogens with one attached hydrogen (secondary N) is 1. The second kappa shape index (κ2) is 5.81. The molecular weight excluding hydrogens is 262 g/mol. The quantitative estimate of drug-likeness (QED) is 0.361. The molecular formula is C14H18NO5+. The van der Waals surface area contributed by atoms with Crippen molar-refractivity contribution >= 4 is 12.4 Å². The van der Waals surface area contributed by atoms with Crippen molar-refractivity contribution in [3.8, 4) is 5.75 Å². The van der Waals surface area contributed by atoms with E-state index in [2.05, 4.69) is 0 Å². The summed E-state index contributed by atoms with van der Waals surface area (Å²) in [6.45, 7) is 6.26. The van der Waals surface area contributed by atoms with E-state index in [0.717, 1.165) is 28.0 Å². The van der Waals surface area contributed by atoms with Crippen molar-refractivity contribution in [2.75, 3.05) is 13.2 Å². The lowest BCUT2D eigenvalue weighted by Gasteiger charge is -2.16. The highest BCUT2D eigenvalue weighted by molar-refractivity contribution is 5.81. The van der Waals surface area contributed by atoms with E-state index in [1.54, 1.807) is 0 Å². The van der Waals surface area contributed by atoms with Crippen molar-refractivity contribution in [2.45, 2.75) is 26.9 Å². The molecule has 20 heavy (non-hydrogen) atoms. The van der Waals surface area contributed by atoms with Crippen molar-refractivity contribution in [3.05, 3.63) is 28.3 Å². The van der Waals surface area contributed by atoms with E-state index in [-0.39, 0.29) is 19.3 Å². The van der Waals surface area contributed by atoms with Gasteiger partial charge < -0.3 is 14.2 Å². The van der Waals surface area contributed by atoms with E-state index >= 15 is 0 Å². The van der Waals surface area contributed by atoms with Crippen LogP contribution in [0.2, 0.25) is 0 Å². The Bertz CT molecular complexity index is 553. The van der Waals surface area contributed by atoms with Gasteiger partial charge in [-0.15, -0.1) is 0 Å². The Kier molecular flexibility index (Phi) is 4.12. The van der Waals surface area contributed by atoms with Gasteiger partial charge in [0.2, 0.25) is 6.21 Å². The fraction of sp³-hybridized carbons (Fsp3) is 0.429. The monoisotopic (exact) mass is 280 g/mol. The molecule has 2 rings (SSSR count). The van der Waals surface area contributed by atoms with E-state index in [9.17, 15) is 4.79 Å². The Labute approximate surface area is 116 Å². The molecule has 1 aromatic carbocycles. The average molecular weight is 280 g/mol. The van der Waals surface area contributed by atoms with Gasteiger partial charge in [0, 0.05) is 5.56 Å². The summed E-state index contributed by atoms with van der Waals surface area (Å²) in [5, 5.41) is 10.9. The molecule has 2 N–H and O–H groups in total. The van der Waals surface area contributed by atoms with Gasteiger partial charge in [-0.1, -0.05) is 6.07 Å². The van der Waals surface area contributed by atoms with Crippen molar-refractivity contribution in [3.63, 3.8) is 0 Å². The Morgan fingerprint density at radius 2 is 2.20 bits per heavy atom. The van der Waals surface area contributed by atoms with Crippen LogP contribution in [-0.4, -0.2) is 36.9 Å². The largest absolute Gasteiger partial charge is 0.508 e. The molecule has 0 spiro atoms. The predicted octanol–water partition coefficient (Wildman–Crippen LogP) is 0.415. The molecule has 0 radical (unpaired) electrons. The zero-order valence-electron chi connectivity index (χ0n) is 11.7. The fourth-order valence-electron chi connectivity index (χ4n) is 2.31. The minimum absolute atomic E-state index is 0.208. The highest BCUT2D eigenvalue weighted by Gasteiger charge is 2.26. The first-order valence-electron chi connectivity index (χ1n) is 6.32. The van der Waals surface area contributed by atoms with Gasteiger partial charge in [-0.2, -0.15) is 0 Å². The maximum Gasteiger partial charge on any atom is 0.508 e. The lowest BCUT2D eigenvalue weighted by atomic mass is 9.99. The van der Waals surface area contributed by atoms with E-state index < -0.39 is 6.16 Å². The summed E-state index contributed by atoms with van der Waals surface area (Å²) in [6.07, 6.45) is 0.468. The van der Waals surface area contributed by atoms with Crippen LogP contribution in [-0.2, 0) is 9.47 Å². The van der Waals surface area contributed by atoms with E-state index in [4.69, 9.17) is 19.4 Å². The molecule has 0 bridgehead atoms. The molecule has 6 nitrogen and oxygen atoms in total. The lowest BCUT2D eigenvalue weighted by molar-refractivity contribution is -0.733. The summed E-state index contributed by atoms with van der Waals surface area (Å²) < 4.78 is 15.4. The van der Waals surface area contributed by atoms with Crippen LogP contribution in [0.3, 0.4) is 0 Å². The minimum Gasteiger partial charge on any atom is -0.489 e. The molecule has 0 aromatic heterocycles. The summed E-state index contributed by atoms with van der Waals surface area (Å²) in [4.78, 5) is 10.8. The molecule has 0 saturated carbocycles. The molecule has 6 heteroatoms. The maximum absolute atomic E-state index is 10.8. The number of carbonyl (C=O) groups excluding carboxylic acids is 1. The zero-order chi connectivity index (χ0) is 14.7. The second-order valence-electron chi connectivity index (χ2n) is 4.76. The molecule has 1 aliphatic heterocycles. The molecule has 1 aliphatic rings. The average Bonchev–Trinajstić information content (AvgIpc) is 2.80. The number of rotatable bonds is 4. The Morgan fingerprint density at radius 1 is 1.45 bits per heavy atom. The van der Waals surface area contributed by atoms with Crippen LogP contribution >= 0.6 is 0 Å². The van der Waals surface area contributed by atoms with Gasteiger partial charge in [-0.25, -0.2) is 4.79 Å².